The Morgan fingerprint density at radius 1 is 1.11 bits per heavy atom. The Morgan fingerprint density at radius 2 is 1.75 bits per heavy atom. The van der Waals surface area contributed by atoms with Crippen LogP contribution >= 0.6 is 0 Å². The molecule has 2 N–H and O–H groups in total. The average molecular weight is 385 g/mol. The molecule has 2 aromatic rings. The fourth-order valence-corrected chi connectivity index (χ4v) is 3.00. The van der Waals surface area contributed by atoms with E-state index in [4.69, 9.17) is 14.7 Å². The Kier molecular flexibility index (Phi) is 6.00. The molecule has 0 spiro atoms. The average Bonchev–Trinajstić information content (AvgIpc) is 3.13. The first kappa shape index (κ1) is 19.5. The van der Waals surface area contributed by atoms with Gasteiger partial charge >= 0.3 is 6.03 Å². The summed E-state index contributed by atoms with van der Waals surface area (Å²) in [5, 5.41) is 8.75. The third kappa shape index (κ3) is 4.17. The minimum absolute atomic E-state index is 0.275. The first-order valence-electron chi connectivity index (χ1n) is 8.91. The van der Waals surface area contributed by atoms with Crippen molar-refractivity contribution in [2.24, 2.45) is 0 Å². The Morgan fingerprint density at radius 3 is 2.36 bits per heavy atom. The van der Waals surface area contributed by atoms with Gasteiger partial charge in [0.25, 0.3) is 5.91 Å². The van der Waals surface area contributed by atoms with Gasteiger partial charge in [-0.3, -0.25) is 14.9 Å². The minimum atomic E-state index is -0.741. The van der Waals surface area contributed by atoms with Crippen molar-refractivity contribution in [1.82, 2.24) is 10.4 Å². The number of methoxy groups -OCH3 is 1. The molecule has 0 radical (unpaired) electrons. The first-order chi connectivity index (χ1) is 13.5. The highest BCUT2D eigenvalue weighted by Gasteiger charge is 2.35. The summed E-state index contributed by atoms with van der Waals surface area (Å²) in [4.78, 5) is 27.1. The highest BCUT2D eigenvalue weighted by Crippen LogP contribution is 2.25. The summed E-state index contributed by atoms with van der Waals surface area (Å²) >= 11 is 0. The third-order valence-electron chi connectivity index (χ3n) is 4.71. The van der Waals surface area contributed by atoms with Crippen LogP contribution in [0.15, 0.2) is 48.5 Å². The van der Waals surface area contributed by atoms with Crippen LogP contribution in [-0.4, -0.2) is 48.3 Å². The van der Waals surface area contributed by atoms with Crippen LogP contribution in [0.4, 0.5) is 10.5 Å². The molecule has 8 heteroatoms. The van der Waals surface area contributed by atoms with E-state index in [1.165, 1.54) is 4.90 Å². The number of hydrogen-bond donors (Lipinski definition) is 2. The van der Waals surface area contributed by atoms with Crippen molar-refractivity contribution in [3.63, 3.8) is 0 Å². The SMILES string of the molecule is COc1ccc(COc2ccc(N3CCN(C(C)C(=O)NO)C3=O)cc2)cc1. The van der Waals surface area contributed by atoms with Gasteiger partial charge in [0.1, 0.15) is 24.1 Å². The Balaban J connectivity index is 1.59. The van der Waals surface area contributed by atoms with Gasteiger partial charge in [-0.1, -0.05) is 12.1 Å². The lowest BCUT2D eigenvalue weighted by Crippen LogP contribution is -2.46. The predicted octanol–water partition coefficient (Wildman–Crippen LogP) is 2.41. The number of ether oxygens (including phenoxy) is 2. The van der Waals surface area contributed by atoms with E-state index < -0.39 is 11.9 Å². The van der Waals surface area contributed by atoms with E-state index in [9.17, 15) is 9.59 Å². The first-order valence-corrected chi connectivity index (χ1v) is 8.91. The maximum Gasteiger partial charge on any atom is 0.325 e. The van der Waals surface area contributed by atoms with E-state index >= 15 is 0 Å². The van der Waals surface area contributed by atoms with Gasteiger partial charge in [-0.05, 0) is 48.9 Å². The summed E-state index contributed by atoms with van der Waals surface area (Å²) in [6.07, 6.45) is 0. The zero-order chi connectivity index (χ0) is 20.1. The summed E-state index contributed by atoms with van der Waals surface area (Å²) in [7, 11) is 1.62. The van der Waals surface area contributed by atoms with E-state index in [2.05, 4.69) is 0 Å². The smallest absolute Gasteiger partial charge is 0.325 e. The number of nitrogens with one attached hydrogen (secondary N) is 1. The lowest BCUT2D eigenvalue weighted by atomic mass is 10.2. The van der Waals surface area contributed by atoms with Crippen LogP contribution in [0.25, 0.3) is 0 Å². The Bertz CT molecular complexity index is 823. The molecule has 1 fully saturated rings. The van der Waals surface area contributed by atoms with Gasteiger partial charge in [0.2, 0.25) is 0 Å². The quantitative estimate of drug-likeness (QED) is 0.564. The van der Waals surface area contributed by atoms with Crippen LogP contribution in [0.3, 0.4) is 0 Å². The van der Waals surface area contributed by atoms with Crippen LogP contribution in [-0.2, 0) is 11.4 Å². The van der Waals surface area contributed by atoms with Crippen LogP contribution in [0.5, 0.6) is 11.5 Å². The molecule has 148 valence electrons. The fourth-order valence-electron chi connectivity index (χ4n) is 3.00. The molecule has 1 aliphatic heterocycles. The van der Waals surface area contributed by atoms with Gasteiger partial charge in [0.15, 0.2) is 0 Å². The van der Waals surface area contributed by atoms with Crippen LogP contribution in [0, 0.1) is 0 Å². The van der Waals surface area contributed by atoms with E-state index in [1.54, 1.807) is 36.5 Å². The largest absolute Gasteiger partial charge is 0.497 e. The third-order valence-corrected chi connectivity index (χ3v) is 4.71. The van der Waals surface area contributed by atoms with Gasteiger partial charge in [0.05, 0.1) is 7.11 Å². The van der Waals surface area contributed by atoms with Crippen molar-refractivity contribution in [2.45, 2.75) is 19.6 Å². The van der Waals surface area contributed by atoms with E-state index in [0.717, 1.165) is 17.0 Å². The molecule has 28 heavy (non-hydrogen) atoms. The molecular formula is C20H23N3O5. The number of hydroxylamine groups is 1. The predicted molar refractivity (Wildman–Crippen MR) is 103 cm³/mol. The van der Waals surface area contributed by atoms with E-state index in [-0.39, 0.29) is 6.03 Å². The van der Waals surface area contributed by atoms with Crippen molar-refractivity contribution >= 4 is 17.6 Å². The van der Waals surface area contributed by atoms with E-state index in [1.807, 2.05) is 36.4 Å². The second-order valence-electron chi connectivity index (χ2n) is 6.41. The molecule has 1 saturated heterocycles. The summed E-state index contributed by atoms with van der Waals surface area (Å²) in [5.74, 6) is 0.872. The van der Waals surface area contributed by atoms with Gasteiger partial charge in [-0.25, -0.2) is 10.3 Å². The molecule has 0 bridgehead atoms. The van der Waals surface area contributed by atoms with Gasteiger partial charge in [0, 0.05) is 18.8 Å². The normalized spacial score (nSPS) is 14.8. The van der Waals surface area contributed by atoms with E-state index in [0.29, 0.717) is 25.4 Å². The lowest BCUT2D eigenvalue weighted by molar-refractivity contribution is -0.133. The number of rotatable bonds is 7. The maximum absolute atomic E-state index is 12.6. The molecule has 1 aliphatic rings. The van der Waals surface area contributed by atoms with Crippen molar-refractivity contribution in [1.29, 1.82) is 0 Å². The van der Waals surface area contributed by atoms with Crippen molar-refractivity contribution < 1.29 is 24.3 Å². The van der Waals surface area contributed by atoms with Gasteiger partial charge in [-0.15, -0.1) is 0 Å². The molecule has 1 heterocycles. The molecule has 0 aliphatic carbocycles. The standard InChI is InChI=1S/C20H23N3O5/c1-14(19(24)21-26)22-11-12-23(20(22)25)16-5-9-18(10-6-16)28-13-15-3-7-17(27-2)8-4-15/h3-10,14,26H,11-13H2,1-2H3,(H,21,24). The zero-order valence-electron chi connectivity index (χ0n) is 15.8. The van der Waals surface area contributed by atoms with Crippen LogP contribution in [0.2, 0.25) is 0 Å². The number of amides is 3. The van der Waals surface area contributed by atoms with Crippen molar-refractivity contribution in [2.75, 3.05) is 25.1 Å². The molecule has 0 aromatic heterocycles. The number of urea groups is 1. The van der Waals surface area contributed by atoms with Crippen LogP contribution < -0.4 is 19.9 Å². The Hall–Kier alpha value is -3.26. The molecule has 1 atom stereocenters. The summed E-state index contributed by atoms with van der Waals surface area (Å²) < 4.78 is 10.9. The molecule has 3 rings (SSSR count). The van der Waals surface area contributed by atoms with Crippen molar-refractivity contribution in [3.05, 3.63) is 54.1 Å². The number of carbonyl (C=O) groups excluding carboxylic acids is 2. The summed E-state index contributed by atoms with van der Waals surface area (Å²) in [6.45, 7) is 2.87. The minimum Gasteiger partial charge on any atom is -0.497 e. The van der Waals surface area contributed by atoms with Crippen LogP contribution in [0.1, 0.15) is 12.5 Å². The highest BCUT2D eigenvalue weighted by molar-refractivity contribution is 5.97. The highest BCUT2D eigenvalue weighted by atomic mass is 16.5. The molecule has 2 aromatic carbocycles. The summed E-state index contributed by atoms with van der Waals surface area (Å²) in [6, 6.07) is 13.8. The van der Waals surface area contributed by atoms with Crippen molar-refractivity contribution in [3.8, 4) is 11.5 Å². The molecular weight excluding hydrogens is 362 g/mol. The summed E-state index contributed by atoms with van der Waals surface area (Å²) in [5.41, 5.74) is 3.33. The second-order valence-corrected chi connectivity index (χ2v) is 6.41. The maximum atomic E-state index is 12.6. The van der Waals surface area contributed by atoms with Gasteiger partial charge in [-0.2, -0.15) is 0 Å². The number of nitrogens with zero attached hydrogens (tertiary/aromatic N) is 2. The second kappa shape index (κ2) is 8.62. The number of anilines is 1. The van der Waals surface area contributed by atoms with Gasteiger partial charge < -0.3 is 14.4 Å². The molecule has 0 saturated carbocycles. The number of hydrogen-bond acceptors (Lipinski definition) is 5. The monoisotopic (exact) mass is 385 g/mol. The Labute approximate surface area is 163 Å². The molecule has 1 unspecified atom stereocenters. The lowest BCUT2D eigenvalue weighted by Gasteiger charge is -2.23. The topological polar surface area (TPSA) is 91.3 Å². The fraction of sp³-hybridized carbons (Fsp3) is 0.300. The molecule has 3 amide bonds. The zero-order valence-corrected chi connectivity index (χ0v) is 15.8. The number of carbonyl (C=O) groups is 2. The molecule has 8 nitrogen and oxygen atoms in total. The number of benzene rings is 2.